The number of carboxylic acids is 1. The molecule has 0 saturated carbocycles. The lowest BCUT2D eigenvalue weighted by atomic mass is 10.0. The Morgan fingerprint density at radius 3 is 2.34 bits per heavy atom. The predicted molar refractivity (Wildman–Crippen MR) is 111 cm³/mol. The molecular formula is C23H18N2O4. The fourth-order valence-electron chi connectivity index (χ4n) is 3.12. The van der Waals surface area contributed by atoms with E-state index >= 15 is 0 Å². The molecule has 0 fully saturated rings. The molecule has 3 aromatic carbocycles. The van der Waals surface area contributed by atoms with Crippen LogP contribution < -0.4 is 4.74 Å². The highest BCUT2D eigenvalue weighted by Gasteiger charge is 2.18. The van der Waals surface area contributed by atoms with Gasteiger partial charge in [0.05, 0.1) is 17.0 Å². The maximum absolute atomic E-state index is 10.6. The molecule has 0 atom stereocenters. The number of nitrogens with zero attached hydrogens (tertiary/aromatic N) is 1. The first kappa shape index (κ1) is 18.3. The van der Waals surface area contributed by atoms with Crippen LogP contribution in [0.4, 0.5) is 5.69 Å². The molecule has 0 aliphatic carbocycles. The minimum atomic E-state index is -1.03. The molecule has 0 amide bonds. The van der Waals surface area contributed by atoms with Crippen molar-refractivity contribution in [1.82, 2.24) is 4.98 Å². The van der Waals surface area contributed by atoms with Gasteiger partial charge in [-0.25, -0.2) is 9.79 Å². The van der Waals surface area contributed by atoms with Crippen LogP contribution >= 0.6 is 0 Å². The number of hydrogen-bond acceptors (Lipinski definition) is 4. The first-order valence-corrected chi connectivity index (χ1v) is 9.00. The predicted octanol–water partition coefficient (Wildman–Crippen LogP) is 4.51. The van der Waals surface area contributed by atoms with E-state index in [1.54, 1.807) is 24.3 Å². The van der Waals surface area contributed by atoms with Crippen molar-refractivity contribution in [2.75, 3.05) is 6.61 Å². The van der Waals surface area contributed by atoms with Gasteiger partial charge in [0.25, 0.3) is 0 Å². The molecule has 0 aliphatic heterocycles. The summed E-state index contributed by atoms with van der Waals surface area (Å²) in [6.07, 6.45) is 0. The Hall–Kier alpha value is -4.06. The molecule has 144 valence electrons. The largest absolute Gasteiger partial charge is 0.494 e. The molecule has 0 bridgehead atoms. The van der Waals surface area contributed by atoms with Crippen LogP contribution in [0.5, 0.6) is 11.6 Å². The van der Waals surface area contributed by atoms with Gasteiger partial charge in [0.2, 0.25) is 0 Å². The van der Waals surface area contributed by atoms with E-state index in [1.165, 1.54) is 0 Å². The van der Waals surface area contributed by atoms with E-state index in [-0.39, 0.29) is 5.88 Å². The van der Waals surface area contributed by atoms with Crippen LogP contribution in [0.25, 0.3) is 10.9 Å². The molecule has 0 radical (unpaired) electrons. The summed E-state index contributed by atoms with van der Waals surface area (Å²) in [6, 6.07) is 24.1. The van der Waals surface area contributed by atoms with E-state index in [2.05, 4.69) is 4.98 Å². The number of carboxylic acid groups (broad SMARTS) is 1. The third kappa shape index (κ3) is 3.96. The second kappa shape index (κ2) is 7.90. The molecule has 0 unspecified atom stereocenters. The molecule has 0 aliphatic rings. The third-order valence-electron chi connectivity index (χ3n) is 4.41. The van der Waals surface area contributed by atoms with Crippen molar-refractivity contribution in [3.05, 3.63) is 90.0 Å². The van der Waals surface area contributed by atoms with Crippen molar-refractivity contribution in [1.29, 1.82) is 0 Å². The molecular weight excluding hydrogens is 368 g/mol. The Bertz CT molecular complexity index is 1180. The molecule has 1 aromatic heterocycles. The quantitative estimate of drug-likeness (QED) is 0.425. The van der Waals surface area contributed by atoms with Gasteiger partial charge in [-0.05, 0) is 30.3 Å². The molecule has 29 heavy (non-hydrogen) atoms. The Balaban J connectivity index is 1.80. The van der Waals surface area contributed by atoms with Crippen LogP contribution in [-0.4, -0.2) is 33.5 Å². The molecule has 1 heterocycles. The number of aliphatic imine (C=N–C) groups is 1. The highest BCUT2D eigenvalue weighted by Crippen LogP contribution is 2.31. The van der Waals surface area contributed by atoms with Crippen molar-refractivity contribution in [3.63, 3.8) is 0 Å². The Morgan fingerprint density at radius 1 is 0.931 bits per heavy atom. The van der Waals surface area contributed by atoms with Gasteiger partial charge in [0.15, 0.2) is 12.5 Å². The summed E-state index contributed by atoms with van der Waals surface area (Å²) < 4.78 is 5.17. The zero-order valence-corrected chi connectivity index (χ0v) is 15.4. The second-order valence-corrected chi connectivity index (χ2v) is 6.40. The third-order valence-corrected chi connectivity index (χ3v) is 4.41. The number of aromatic nitrogens is 1. The number of nitrogens with one attached hydrogen (secondary N) is 1. The lowest BCUT2D eigenvalue weighted by molar-refractivity contribution is -0.139. The van der Waals surface area contributed by atoms with Crippen LogP contribution in [0.1, 0.15) is 11.1 Å². The summed E-state index contributed by atoms with van der Waals surface area (Å²) in [5.41, 5.74) is 3.58. The van der Waals surface area contributed by atoms with Gasteiger partial charge >= 0.3 is 5.97 Å². The van der Waals surface area contributed by atoms with Crippen molar-refractivity contribution in [2.45, 2.75) is 0 Å². The van der Waals surface area contributed by atoms with Gasteiger partial charge in [0, 0.05) is 16.5 Å². The summed E-state index contributed by atoms with van der Waals surface area (Å²) >= 11 is 0. The smallest absolute Gasteiger partial charge is 0.341 e. The number of hydrogen-bond donors (Lipinski definition) is 3. The Kier molecular flexibility index (Phi) is 4.99. The maximum Gasteiger partial charge on any atom is 0.341 e. The zero-order valence-electron chi connectivity index (χ0n) is 15.4. The van der Waals surface area contributed by atoms with Crippen LogP contribution in [-0.2, 0) is 4.79 Å². The van der Waals surface area contributed by atoms with E-state index < -0.39 is 12.6 Å². The number of benzene rings is 3. The first-order valence-electron chi connectivity index (χ1n) is 9.00. The fourth-order valence-corrected chi connectivity index (χ4v) is 3.12. The second-order valence-electron chi connectivity index (χ2n) is 6.40. The number of aliphatic carboxylic acids is 1. The van der Waals surface area contributed by atoms with E-state index in [9.17, 15) is 9.90 Å². The summed E-state index contributed by atoms with van der Waals surface area (Å²) in [5, 5.41) is 20.2. The number of aromatic hydroxyl groups is 1. The van der Waals surface area contributed by atoms with Gasteiger partial charge in [0.1, 0.15) is 5.75 Å². The summed E-state index contributed by atoms with van der Waals surface area (Å²) in [6.45, 7) is -0.402. The number of para-hydroxylation sites is 1. The van der Waals surface area contributed by atoms with Crippen molar-refractivity contribution in [3.8, 4) is 11.6 Å². The normalized spacial score (nSPS) is 11.5. The fraction of sp³-hybridized carbons (Fsp3) is 0.0435. The first-order chi connectivity index (χ1) is 14.1. The summed E-state index contributed by atoms with van der Waals surface area (Å²) in [4.78, 5) is 18.4. The Morgan fingerprint density at radius 2 is 1.62 bits per heavy atom. The van der Waals surface area contributed by atoms with E-state index in [0.717, 1.165) is 16.5 Å². The summed E-state index contributed by atoms with van der Waals surface area (Å²) in [7, 11) is 0. The lowest BCUT2D eigenvalue weighted by Gasteiger charge is -2.08. The van der Waals surface area contributed by atoms with Crippen LogP contribution in [0, 0.1) is 0 Å². The van der Waals surface area contributed by atoms with Crippen molar-refractivity contribution >= 4 is 28.3 Å². The lowest BCUT2D eigenvalue weighted by Crippen LogP contribution is -2.09. The average Bonchev–Trinajstić information content (AvgIpc) is 3.07. The van der Waals surface area contributed by atoms with E-state index in [0.29, 0.717) is 22.7 Å². The Labute approximate surface area is 166 Å². The minimum Gasteiger partial charge on any atom is -0.494 e. The van der Waals surface area contributed by atoms with Gasteiger partial charge < -0.3 is 19.9 Å². The monoisotopic (exact) mass is 386 g/mol. The maximum atomic E-state index is 10.6. The van der Waals surface area contributed by atoms with Gasteiger partial charge in [-0.15, -0.1) is 0 Å². The zero-order chi connectivity index (χ0) is 20.2. The van der Waals surface area contributed by atoms with Gasteiger partial charge in [-0.3, -0.25) is 0 Å². The van der Waals surface area contributed by atoms with E-state index in [1.807, 2.05) is 54.6 Å². The molecule has 3 N–H and O–H groups in total. The molecule has 0 saturated heterocycles. The van der Waals surface area contributed by atoms with Crippen LogP contribution in [0.15, 0.2) is 83.9 Å². The number of fused-ring (bicyclic) bond motifs is 1. The van der Waals surface area contributed by atoms with Crippen molar-refractivity contribution in [2.24, 2.45) is 4.99 Å². The average molecular weight is 386 g/mol. The summed E-state index contributed by atoms with van der Waals surface area (Å²) in [5.74, 6) is -0.536. The highest BCUT2D eigenvalue weighted by molar-refractivity contribution is 6.21. The number of H-pyrrole nitrogens is 1. The standard InChI is InChI=1S/C23H18N2O4/c26-20(27)14-29-17-12-10-16(11-13-17)24-22(15-6-2-1-3-7-15)21-18-8-4-5-9-19(18)25-23(21)28/h1-13,25,28H,14H2,(H,26,27). The number of aromatic amines is 1. The molecule has 6 nitrogen and oxygen atoms in total. The van der Waals surface area contributed by atoms with Gasteiger partial charge in [-0.1, -0.05) is 48.5 Å². The highest BCUT2D eigenvalue weighted by atomic mass is 16.5. The molecule has 0 spiro atoms. The molecule has 4 aromatic rings. The minimum absolute atomic E-state index is 0.0511. The van der Waals surface area contributed by atoms with E-state index in [4.69, 9.17) is 14.8 Å². The number of rotatable bonds is 6. The SMILES string of the molecule is O=C(O)COc1ccc(N=C(c2ccccc2)c2c(O)[nH]c3ccccc23)cc1. The molecule has 4 rings (SSSR count). The number of carbonyl (C=O) groups is 1. The van der Waals surface area contributed by atoms with Crippen molar-refractivity contribution < 1.29 is 19.7 Å². The molecule has 6 heteroatoms. The van der Waals surface area contributed by atoms with Gasteiger partial charge in [-0.2, -0.15) is 0 Å². The van der Waals surface area contributed by atoms with Crippen LogP contribution in [0.3, 0.4) is 0 Å². The van der Waals surface area contributed by atoms with Crippen LogP contribution in [0.2, 0.25) is 0 Å². The number of ether oxygens (including phenoxy) is 1. The topological polar surface area (TPSA) is 94.9 Å².